The Hall–Kier alpha value is -0.120. The zero-order chi connectivity index (χ0) is 10.6. The quantitative estimate of drug-likeness (QED) is 0.655. The second-order valence-electron chi connectivity index (χ2n) is 4.17. The van der Waals surface area contributed by atoms with Gasteiger partial charge in [-0.3, -0.25) is 0 Å². The summed E-state index contributed by atoms with van der Waals surface area (Å²) >= 11 is 0. The summed E-state index contributed by atoms with van der Waals surface area (Å²) in [6, 6.07) is 0. The van der Waals surface area contributed by atoms with Gasteiger partial charge >= 0.3 is 0 Å². The van der Waals surface area contributed by atoms with Crippen molar-refractivity contribution in [2.24, 2.45) is 11.8 Å². The second-order valence-corrected chi connectivity index (χ2v) is 4.17. The lowest BCUT2D eigenvalue weighted by molar-refractivity contribution is -0.382. The Morgan fingerprint density at radius 3 is 1.64 bits per heavy atom. The molecule has 1 fully saturated rings. The molecule has 3 heteroatoms. The first kappa shape index (κ1) is 12.0. The van der Waals surface area contributed by atoms with E-state index in [9.17, 15) is 0 Å². The standard InChI is InChI=1S/C11H22O3/c1-9-5-7-10(8-6-9)11(12-2,13-3)14-4/h9-10H,5-8H2,1-4H3. The van der Waals surface area contributed by atoms with Crippen molar-refractivity contribution in [3.05, 3.63) is 0 Å². The van der Waals surface area contributed by atoms with Crippen molar-refractivity contribution in [1.29, 1.82) is 0 Å². The van der Waals surface area contributed by atoms with E-state index in [0.717, 1.165) is 18.8 Å². The first-order valence-corrected chi connectivity index (χ1v) is 5.34. The molecule has 0 N–H and O–H groups in total. The first-order valence-electron chi connectivity index (χ1n) is 5.34. The lowest BCUT2D eigenvalue weighted by atomic mass is 9.81. The van der Waals surface area contributed by atoms with Crippen molar-refractivity contribution in [3.63, 3.8) is 0 Å². The highest BCUT2D eigenvalue weighted by atomic mass is 16.9. The molecule has 1 aliphatic carbocycles. The third-order valence-corrected chi connectivity index (χ3v) is 3.37. The van der Waals surface area contributed by atoms with E-state index >= 15 is 0 Å². The molecule has 0 aromatic heterocycles. The average Bonchev–Trinajstić information content (AvgIpc) is 2.24. The molecule has 1 saturated carbocycles. The minimum Gasteiger partial charge on any atom is -0.331 e. The maximum atomic E-state index is 5.37. The predicted molar refractivity (Wildman–Crippen MR) is 54.9 cm³/mol. The van der Waals surface area contributed by atoms with Crippen molar-refractivity contribution >= 4 is 0 Å². The highest BCUT2D eigenvalue weighted by Gasteiger charge is 2.41. The van der Waals surface area contributed by atoms with Gasteiger partial charge in [0.1, 0.15) is 0 Å². The van der Waals surface area contributed by atoms with E-state index in [4.69, 9.17) is 14.2 Å². The lowest BCUT2D eigenvalue weighted by Crippen LogP contribution is -2.45. The molecule has 0 radical (unpaired) electrons. The fraction of sp³-hybridized carbons (Fsp3) is 1.00. The van der Waals surface area contributed by atoms with Gasteiger partial charge in [-0.2, -0.15) is 0 Å². The van der Waals surface area contributed by atoms with Crippen LogP contribution in [0.2, 0.25) is 0 Å². The van der Waals surface area contributed by atoms with Crippen LogP contribution < -0.4 is 0 Å². The van der Waals surface area contributed by atoms with Crippen LogP contribution in [0.3, 0.4) is 0 Å². The van der Waals surface area contributed by atoms with Crippen molar-refractivity contribution in [2.75, 3.05) is 21.3 Å². The minimum absolute atomic E-state index is 0.360. The van der Waals surface area contributed by atoms with Crippen molar-refractivity contribution in [1.82, 2.24) is 0 Å². The zero-order valence-corrected chi connectivity index (χ0v) is 9.71. The van der Waals surface area contributed by atoms with Crippen molar-refractivity contribution in [2.45, 2.75) is 38.6 Å². The van der Waals surface area contributed by atoms with Gasteiger partial charge in [0.25, 0.3) is 5.97 Å². The van der Waals surface area contributed by atoms with Gasteiger partial charge in [0.15, 0.2) is 0 Å². The normalized spacial score (nSPS) is 29.1. The lowest BCUT2D eigenvalue weighted by Gasteiger charge is -2.39. The highest BCUT2D eigenvalue weighted by molar-refractivity contribution is 4.77. The number of methoxy groups -OCH3 is 3. The van der Waals surface area contributed by atoms with Crippen LogP contribution in [0.15, 0.2) is 0 Å². The van der Waals surface area contributed by atoms with Gasteiger partial charge in [0.2, 0.25) is 0 Å². The van der Waals surface area contributed by atoms with Crippen LogP contribution >= 0.6 is 0 Å². The smallest absolute Gasteiger partial charge is 0.285 e. The molecule has 1 aliphatic rings. The highest BCUT2D eigenvalue weighted by Crippen LogP contribution is 2.37. The maximum absolute atomic E-state index is 5.37. The van der Waals surface area contributed by atoms with Crippen molar-refractivity contribution < 1.29 is 14.2 Å². The molecule has 0 amide bonds. The van der Waals surface area contributed by atoms with Gasteiger partial charge < -0.3 is 14.2 Å². The van der Waals surface area contributed by atoms with E-state index in [1.54, 1.807) is 21.3 Å². The number of hydrogen-bond donors (Lipinski definition) is 0. The SMILES string of the molecule is COC(OC)(OC)C1CCC(C)CC1. The van der Waals surface area contributed by atoms with Crippen LogP contribution in [0.1, 0.15) is 32.6 Å². The molecule has 14 heavy (non-hydrogen) atoms. The molecular weight excluding hydrogens is 180 g/mol. The molecule has 0 unspecified atom stereocenters. The molecule has 0 saturated heterocycles. The molecule has 0 aliphatic heterocycles. The molecule has 0 heterocycles. The largest absolute Gasteiger partial charge is 0.331 e. The third-order valence-electron chi connectivity index (χ3n) is 3.37. The molecule has 0 aromatic rings. The zero-order valence-electron chi connectivity index (χ0n) is 9.71. The minimum atomic E-state index is -0.819. The van der Waals surface area contributed by atoms with Gasteiger partial charge in [0.05, 0.1) is 0 Å². The Balaban J connectivity index is 2.60. The third kappa shape index (κ3) is 2.27. The monoisotopic (exact) mass is 202 g/mol. The van der Waals surface area contributed by atoms with Crippen LogP contribution in [0.25, 0.3) is 0 Å². The molecular formula is C11H22O3. The molecule has 3 nitrogen and oxygen atoms in total. The Kier molecular flexibility index (Phi) is 4.35. The molecule has 1 rings (SSSR count). The fourth-order valence-electron chi connectivity index (χ4n) is 2.36. The number of rotatable bonds is 4. The van der Waals surface area contributed by atoms with E-state index in [1.165, 1.54) is 12.8 Å². The van der Waals surface area contributed by atoms with Crippen molar-refractivity contribution in [3.8, 4) is 0 Å². The van der Waals surface area contributed by atoms with Gasteiger partial charge in [-0.25, -0.2) is 0 Å². The van der Waals surface area contributed by atoms with Crippen LogP contribution in [0.4, 0.5) is 0 Å². The Labute approximate surface area is 86.7 Å². The van der Waals surface area contributed by atoms with E-state index in [1.807, 2.05) is 0 Å². The fourth-order valence-corrected chi connectivity index (χ4v) is 2.36. The van der Waals surface area contributed by atoms with E-state index in [-0.39, 0.29) is 0 Å². The Bertz CT molecular complexity index is 150. The summed E-state index contributed by atoms with van der Waals surface area (Å²) in [6.07, 6.45) is 4.72. The summed E-state index contributed by atoms with van der Waals surface area (Å²) in [4.78, 5) is 0. The second kappa shape index (κ2) is 5.10. The summed E-state index contributed by atoms with van der Waals surface area (Å²) in [5.74, 6) is 0.369. The summed E-state index contributed by atoms with van der Waals surface area (Å²) < 4.78 is 16.1. The van der Waals surface area contributed by atoms with Gasteiger partial charge in [0, 0.05) is 27.2 Å². The van der Waals surface area contributed by atoms with E-state index in [2.05, 4.69) is 6.92 Å². The van der Waals surface area contributed by atoms with Crippen LogP contribution in [-0.2, 0) is 14.2 Å². The maximum Gasteiger partial charge on any atom is 0.285 e. The van der Waals surface area contributed by atoms with Gasteiger partial charge in [-0.15, -0.1) is 0 Å². The number of ether oxygens (including phenoxy) is 3. The average molecular weight is 202 g/mol. The molecule has 84 valence electrons. The summed E-state index contributed by atoms with van der Waals surface area (Å²) in [5, 5.41) is 0. The Morgan fingerprint density at radius 2 is 1.29 bits per heavy atom. The van der Waals surface area contributed by atoms with E-state index < -0.39 is 5.97 Å². The van der Waals surface area contributed by atoms with Crippen LogP contribution in [-0.4, -0.2) is 27.3 Å². The Morgan fingerprint density at radius 1 is 0.857 bits per heavy atom. The number of hydrogen-bond acceptors (Lipinski definition) is 3. The first-order chi connectivity index (χ1) is 6.68. The van der Waals surface area contributed by atoms with Gasteiger partial charge in [-0.05, 0) is 18.8 Å². The molecule has 0 bridgehead atoms. The van der Waals surface area contributed by atoms with E-state index in [0.29, 0.717) is 5.92 Å². The summed E-state index contributed by atoms with van der Waals surface area (Å²) in [6.45, 7) is 2.30. The predicted octanol–water partition coefficient (Wildman–Crippen LogP) is 2.41. The van der Waals surface area contributed by atoms with Crippen LogP contribution in [0, 0.1) is 11.8 Å². The summed E-state index contributed by atoms with van der Waals surface area (Å²) in [5.41, 5.74) is 0. The van der Waals surface area contributed by atoms with Gasteiger partial charge in [-0.1, -0.05) is 19.8 Å². The summed E-state index contributed by atoms with van der Waals surface area (Å²) in [7, 11) is 4.93. The molecule has 0 aromatic carbocycles. The topological polar surface area (TPSA) is 27.7 Å². The van der Waals surface area contributed by atoms with Crippen LogP contribution in [0.5, 0.6) is 0 Å². The molecule has 0 atom stereocenters. The molecule has 0 spiro atoms.